The van der Waals surface area contributed by atoms with E-state index in [1.54, 1.807) is 25.5 Å². The van der Waals surface area contributed by atoms with Gasteiger partial charge in [-0.1, -0.05) is 47.7 Å². The highest BCUT2D eigenvalue weighted by atomic mass is 32.2. The van der Waals surface area contributed by atoms with Crippen LogP contribution in [-0.2, 0) is 10.5 Å². The predicted octanol–water partition coefficient (Wildman–Crippen LogP) is 5.15. The molecule has 0 aliphatic heterocycles. The van der Waals surface area contributed by atoms with Gasteiger partial charge in [-0.2, -0.15) is 0 Å². The van der Waals surface area contributed by atoms with Gasteiger partial charge in [-0.05, 0) is 44.0 Å². The molecule has 0 aliphatic rings. The van der Waals surface area contributed by atoms with Gasteiger partial charge < -0.3 is 14.6 Å². The second-order valence-electron chi connectivity index (χ2n) is 8.21. The Balaban J connectivity index is 1.53. The van der Waals surface area contributed by atoms with Crippen LogP contribution in [0, 0.1) is 20.8 Å². The number of anilines is 1. The molecule has 2 aromatic heterocycles. The Morgan fingerprint density at radius 3 is 2.41 bits per heavy atom. The number of amides is 2. The fourth-order valence-electron chi connectivity index (χ4n) is 3.93. The highest BCUT2D eigenvalue weighted by Crippen LogP contribution is 2.31. The molecule has 0 radical (unpaired) electrons. The van der Waals surface area contributed by atoms with Crippen molar-refractivity contribution in [2.45, 2.75) is 31.7 Å². The number of furan rings is 1. The van der Waals surface area contributed by atoms with Gasteiger partial charge in [0, 0.05) is 41.8 Å². The van der Waals surface area contributed by atoms with Gasteiger partial charge in [0.2, 0.25) is 5.91 Å². The largest absolute Gasteiger partial charge is 0.451 e. The number of aryl methyl sites for hydroxylation is 3. The molecule has 2 amide bonds. The fraction of sp³-hybridized carbons (Fsp3) is 0.231. The van der Waals surface area contributed by atoms with E-state index in [1.807, 2.05) is 57.2 Å². The number of rotatable bonds is 7. The van der Waals surface area contributed by atoms with Crippen molar-refractivity contribution in [3.63, 3.8) is 0 Å². The van der Waals surface area contributed by atoms with Crippen LogP contribution in [0.1, 0.15) is 32.8 Å². The molecule has 2 heterocycles. The van der Waals surface area contributed by atoms with Crippen LogP contribution in [0.2, 0.25) is 0 Å². The third-order valence-corrected chi connectivity index (χ3v) is 6.35. The molecule has 0 spiro atoms. The van der Waals surface area contributed by atoms with Crippen LogP contribution in [0.25, 0.3) is 11.0 Å². The van der Waals surface area contributed by atoms with Gasteiger partial charge in [-0.25, -0.2) is 9.97 Å². The Bertz CT molecular complexity index is 1330. The number of thioether (sulfide) groups is 1. The smallest absolute Gasteiger partial charge is 0.290 e. The SMILES string of the molecule is Cc1cc(C)c(NC(=O)CN(C)C(=O)c2oc3ccccc3c2CSc2ncccn2)c(C)c1. The number of para-hydroxylation sites is 1. The first-order valence-electron chi connectivity index (χ1n) is 10.9. The Hall–Kier alpha value is -3.65. The number of nitrogens with zero attached hydrogens (tertiary/aromatic N) is 3. The number of likely N-dealkylation sites (N-methyl/N-ethyl adjacent to an activating group) is 1. The molecular formula is C26H26N4O3S. The number of carbonyl (C=O) groups is 2. The summed E-state index contributed by atoms with van der Waals surface area (Å²) in [6.45, 7) is 5.83. The Morgan fingerprint density at radius 2 is 1.71 bits per heavy atom. The third kappa shape index (κ3) is 5.12. The van der Waals surface area contributed by atoms with Crippen molar-refractivity contribution in [3.05, 3.63) is 82.9 Å². The predicted molar refractivity (Wildman–Crippen MR) is 134 cm³/mol. The first-order valence-corrected chi connectivity index (χ1v) is 11.9. The monoisotopic (exact) mass is 474 g/mol. The molecule has 0 saturated heterocycles. The number of hydrogen-bond donors (Lipinski definition) is 1. The molecule has 34 heavy (non-hydrogen) atoms. The number of carbonyl (C=O) groups excluding carboxylic acids is 2. The Kier molecular flexibility index (Phi) is 6.98. The minimum absolute atomic E-state index is 0.100. The van der Waals surface area contributed by atoms with Gasteiger partial charge in [-0.3, -0.25) is 9.59 Å². The second-order valence-corrected chi connectivity index (χ2v) is 9.15. The summed E-state index contributed by atoms with van der Waals surface area (Å²) in [5.74, 6) is 0.0655. The zero-order chi connectivity index (χ0) is 24.2. The molecule has 0 aliphatic carbocycles. The number of benzene rings is 2. The van der Waals surface area contributed by atoms with Crippen LogP contribution in [0.3, 0.4) is 0 Å². The summed E-state index contributed by atoms with van der Waals surface area (Å²) in [5, 5.41) is 4.42. The van der Waals surface area contributed by atoms with Gasteiger partial charge in [0.1, 0.15) is 5.58 Å². The lowest BCUT2D eigenvalue weighted by Gasteiger charge is -2.18. The van der Waals surface area contributed by atoms with Gasteiger partial charge in [0.15, 0.2) is 10.9 Å². The number of aromatic nitrogens is 2. The van der Waals surface area contributed by atoms with Crippen LogP contribution in [0.15, 0.2) is 64.4 Å². The molecule has 4 rings (SSSR count). The van der Waals surface area contributed by atoms with Crippen molar-refractivity contribution in [2.24, 2.45) is 0 Å². The lowest BCUT2D eigenvalue weighted by atomic mass is 10.1. The van der Waals surface area contributed by atoms with E-state index in [1.165, 1.54) is 16.7 Å². The van der Waals surface area contributed by atoms with E-state index in [0.29, 0.717) is 16.5 Å². The molecule has 0 atom stereocenters. The lowest BCUT2D eigenvalue weighted by molar-refractivity contribution is -0.116. The maximum atomic E-state index is 13.3. The number of fused-ring (bicyclic) bond motifs is 1. The molecule has 0 unspecified atom stereocenters. The van der Waals surface area contributed by atoms with E-state index >= 15 is 0 Å². The molecular weight excluding hydrogens is 448 g/mol. The highest BCUT2D eigenvalue weighted by Gasteiger charge is 2.25. The van der Waals surface area contributed by atoms with Gasteiger partial charge >= 0.3 is 0 Å². The molecule has 0 bridgehead atoms. The number of nitrogens with one attached hydrogen (secondary N) is 1. The zero-order valence-corrected chi connectivity index (χ0v) is 20.4. The van der Waals surface area contributed by atoms with E-state index < -0.39 is 0 Å². The third-order valence-electron chi connectivity index (χ3n) is 5.45. The summed E-state index contributed by atoms with van der Waals surface area (Å²) in [6, 6.07) is 13.3. The first kappa shape index (κ1) is 23.5. The fourth-order valence-corrected chi connectivity index (χ4v) is 4.76. The van der Waals surface area contributed by atoms with E-state index in [0.717, 1.165) is 33.3 Å². The molecule has 7 nitrogen and oxygen atoms in total. The summed E-state index contributed by atoms with van der Waals surface area (Å²) in [7, 11) is 1.60. The molecule has 1 N–H and O–H groups in total. The zero-order valence-electron chi connectivity index (χ0n) is 19.6. The molecule has 0 fully saturated rings. The first-order chi connectivity index (χ1) is 16.3. The van der Waals surface area contributed by atoms with E-state index in [4.69, 9.17) is 4.42 Å². The molecule has 4 aromatic rings. The van der Waals surface area contributed by atoms with Crippen molar-refractivity contribution in [1.82, 2.24) is 14.9 Å². The van der Waals surface area contributed by atoms with Gasteiger partial charge in [0.05, 0.1) is 6.54 Å². The molecule has 2 aromatic carbocycles. The summed E-state index contributed by atoms with van der Waals surface area (Å²) in [6.07, 6.45) is 3.36. The van der Waals surface area contributed by atoms with Crippen molar-refractivity contribution >= 4 is 40.2 Å². The Labute approximate surface area is 202 Å². The van der Waals surface area contributed by atoms with Crippen molar-refractivity contribution in [1.29, 1.82) is 0 Å². The van der Waals surface area contributed by atoms with E-state index in [-0.39, 0.29) is 24.1 Å². The standard InChI is InChI=1S/C26H26N4O3S/c1-16-12-17(2)23(18(3)13-16)29-22(31)14-30(4)25(32)24-20(15-34-26-27-10-7-11-28-26)19-8-5-6-9-21(19)33-24/h5-13H,14-15H2,1-4H3,(H,29,31). The van der Waals surface area contributed by atoms with Crippen LogP contribution in [-0.4, -0.2) is 40.3 Å². The van der Waals surface area contributed by atoms with Gasteiger partial charge in [0.25, 0.3) is 5.91 Å². The van der Waals surface area contributed by atoms with Crippen molar-refractivity contribution in [2.75, 3.05) is 18.9 Å². The molecule has 8 heteroatoms. The average Bonchev–Trinajstić information content (AvgIpc) is 3.18. The summed E-state index contributed by atoms with van der Waals surface area (Å²) in [5.41, 5.74) is 5.27. The van der Waals surface area contributed by atoms with Crippen molar-refractivity contribution in [3.8, 4) is 0 Å². The lowest BCUT2D eigenvalue weighted by Crippen LogP contribution is -2.35. The maximum Gasteiger partial charge on any atom is 0.290 e. The van der Waals surface area contributed by atoms with Gasteiger partial charge in [-0.15, -0.1) is 0 Å². The number of hydrogen-bond acceptors (Lipinski definition) is 6. The van der Waals surface area contributed by atoms with Crippen LogP contribution in [0.5, 0.6) is 0 Å². The Morgan fingerprint density at radius 1 is 1.03 bits per heavy atom. The normalized spacial score (nSPS) is 10.9. The average molecular weight is 475 g/mol. The molecule has 0 saturated carbocycles. The van der Waals surface area contributed by atoms with Crippen LogP contribution < -0.4 is 5.32 Å². The minimum atomic E-state index is -0.353. The summed E-state index contributed by atoms with van der Waals surface area (Å²) >= 11 is 1.42. The van der Waals surface area contributed by atoms with Crippen LogP contribution >= 0.6 is 11.8 Å². The quantitative estimate of drug-likeness (QED) is 0.294. The molecule has 174 valence electrons. The van der Waals surface area contributed by atoms with Crippen molar-refractivity contribution < 1.29 is 14.0 Å². The second kappa shape index (κ2) is 10.1. The summed E-state index contributed by atoms with van der Waals surface area (Å²) < 4.78 is 5.94. The maximum absolute atomic E-state index is 13.3. The highest BCUT2D eigenvalue weighted by molar-refractivity contribution is 7.98. The summed E-state index contributed by atoms with van der Waals surface area (Å²) in [4.78, 5) is 35.9. The minimum Gasteiger partial charge on any atom is -0.451 e. The van der Waals surface area contributed by atoms with E-state index in [9.17, 15) is 9.59 Å². The van der Waals surface area contributed by atoms with E-state index in [2.05, 4.69) is 15.3 Å². The topological polar surface area (TPSA) is 88.3 Å². The van der Waals surface area contributed by atoms with Crippen LogP contribution in [0.4, 0.5) is 5.69 Å².